The van der Waals surface area contributed by atoms with Gasteiger partial charge in [0.25, 0.3) is 0 Å². The Morgan fingerprint density at radius 2 is 2.12 bits per heavy atom. The van der Waals surface area contributed by atoms with Crippen LogP contribution in [0.25, 0.3) is 5.69 Å². The van der Waals surface area contributed by atoms with Crippen molar-refractivity contribution in [1.82, 2.24) is 14.7 Å². The third-order valence-corrected chi connectivity index (χ3v) is 5.04. The lowest BCUT2D eigenvalue weighted by atomic mass is 9.80. The van der Waals surface area contributed by atoms with E-state index in [-0.39, 0.29) is 17.8 Å². The van der Waals surface area contributed by atoms with E-state index < -0.39 is 5.97 Å². The van der Waals surface area contributed by atoms with E-state index in [1.54, 1.807) is 0 Å². The maximum absolute atomic E-state index is 11.1. The molecule has 0 aliphatic carbocycles. The fourth-order valence-electron chi connectivity index (χ4n) is 3.65. The molecular weight excluding hydrogens is 302 g/mol. The molecule has 1 unspecified atom stereocenters. The van der Waals surface area contributed by atoms with Crippen LogP contribution in [0.2, 0.25) is 0 Å². The number of nitrogens with zero attached hydrogens (tertiary/aromatic N) is 3. The summed E-state index contributed by atoms with van der Waals surface area (Å²) in [5, 5.41) is 13.6. The highest BCUT2D eigenvalue weighted by Gasteiger charge is 2.40. The molecule has 5 heteroatoms. The molecule has 128 valence electrons. The van der Waals surface area contributed by atoms with Crippen molar-refractivity contribution in [3.63, 3.8) is 0 Å². The van der Waals surface area contributed by atoms with Gasteiger partial charge in [-0.3, -0.25) is 9.69 Å². The van der Waals surface area contributed by atoms with Crippen molar-refractivity contribution in [1.29, 1.82) is 0 Å². The number of carbonyl (C=O) groups is 1. The third kappa shape index (κ3) is 3.51. The molecule has 1 aliphatic rings. The van der Waals surface area contributed by atoms with Crippen LogP contribution in [0.1, 0.15) is 31.4 Å². The van der Waals surface area contributed by atoms with E-state index in [1.165, 1.54) is 5.56 Å². The highest BCUT2D eigenvalue weighted by atomic mass is 16.4. The van der Waals surface area contributed by atoms with Crippen molar-refractivity contribution in [2.45, 2.75) is 33.7 Å². The molecular formula is C19H25N3O2. The van der Waals surface area contributed by atoms with Gasteiger partial charge in [0.1, 0.15) is 0 Å². The lowest BCUT2D eigenvalue weighted by Gasteiger charge is -2.24. The summed E-state index contributed by atoms with van der Waals surface area (Å²) in [6.45, 7) is 8.96. The van der Waals surface area contributed by atoms with Crippen LogP contribution in [0.15, 0.2) is 36.7 Å². The zero-order valence-corrected chi connectivity index (χ0v) is 14.6. The number of aliphatic carboxylic acids is 1. The van der Waals surface area contributed by atoms with E-state index in [9.17, 15) is 4.79 Å². The molecule has 1 aromatic carbocycles. The Morgan fingerprint density at radius 3 is 2.83 bits per heavy atom. The second kappa shape index (κ2) is 6.40. The van der Waals surface area contributed by atoms with E-state index in [0.29, 0.717) is 0 Å². The summed E-state index contributed by atoms with van der Waals surface area (Å²) in [7, 11) is 0. The average Bonchev–Trinajstić information content (AvgIpc) is 3.04. The molecule has 1 aliphatic heterocycles. The van der Waals surface area contributed by atoms with Gasteiger partial charge in [-0.2, -0.15) is 5.10 Å². The second-order valence-electron chi connectivity index (χ2n) is 7.53. The molecule has 1 atom stereocenters. The number of aromatic nitrogens is 2. The zero-order chi connectivity index (χ0) is 17.3. The van der Waals surface area contributed by atoms with Crippen LogP contribution < -0.4 is 0 Å². The van der Waals surface area contributed by atoms with Gasteiger partial charge >= 0.3 is 5.97 Å². The Bertz CT molecular complexity index is 736. The summed E-state index contributed by atoms with van der Waals surface area (Å²) in [4.78, 5) is 13.4. The minimum atomic E-state index is -0.706. The molecule has 2 heterocycles. The number of rotatable bonds is 5. The van der Waals surface area contributed by atoms with Crippen LogP contribution in [-0.2, 0) is 11.3 Å². The van der Waals surface area contributed by atoms with Gasteiger partial charge in [0.05, 0.1) is 11.9 Å². The van der Waals surface area contributed by atoms with E-state index in [0.717, 1.165) is 30.9 Å². The summed E-state index contributed by atoms with van der Waals surface area (Å²) in [6, 6.07) is 8.19. The summed E-state index contributed by atoms with van der Waals surface area (Å²) in [5.41, 5.74) is 3.47. The molecule has 0 saturated carbocycles. The summed E-state index contributed by atoms with van der Waals surface area (Å²) < 4.78 is 1.92. The van der Waals surface area contributed by atoms with E-state index in [1.807, 2.05) is 23.0 Å². The summed E-state index contributed by atoms with van der Waals surface area (Å²) in [5.74, 6) is -0.510. The fraction of sp³-hybridized carbons (Fsp3) is 0.474. The van der Waals surface area contributed by atoms with Gasteiger partial charge in [-0.25, -0.2) is 4.68 Å². The predicted molar refractivity (Wildman–Crippen MR) is 93.1 cm³/mol. The average molecular weight is 327 g/mol. The second-order valence-corrected chi connectivity index (χ2v) is 7.53. The molecule has 1 aromatic heterocycles. The number of likely N-dealkylation sites (tertiary alicyclic amines) is 1. The Kier molecular flexibility index (Phi) is 4.45. The van der Waals surface area contributed by atoms with Crippen LogP contribution in [0.4, 0.5) is 0 Å². The molecule has 0 radical (unpaired) electrons. The van der Waals surface area contributed by atoms with Gasteiger partial charge < -0.3 is 5.11 Å². The molecule has 1 saturated heterocycles. The SMILES string of the molecule is Cc1ccccc1-n1cc(CN2CC(CC(=O)O)C(C)(C)C2)cn1. The molecule has 1 fully saturated rings. The molecule has 5 nitrogen and oxygen atoms in total. The quantitative estimate of drug-likeness (QED) is 0.917. The van der Waals surface area contributed by atoms with Gasteiger partial charge in [0.2, 0.25) is 0 Å². The number of benzene rings is 1. The number of hydrogen-bond donors (Lipinski definition) is 1. The van der Waals surface area contributed by atoms with Crippen molar-refractivity contribution in [3.8, 4) is 5.69 Å². The van der Waals surface area contributed by atoms with Crippen molar-refractivity contribution in [2.75, 3.05) is 13.1 Å². The third-order valence-electron chi connectivity index (χ3n) is 5.04. The zero-order valence-electron chi connectivity index (χ0n) is 14.6. The van der Waals surface area contributed by atoms with Crippen molar-refractivity contribution in [3.05, 3.63) is 47.8 Å². The van der Waals surface area contributed by atoms with E-state index in [4.69, 9.17) is 5.11 Å². The molecule has 0 amide bonds. The molecule has 24 heavy (non-hydrogen) atoms. The lowest BCUT2D eigenvalue weighted by Crippen LogP contribution is -2.24. The van der Waals surface area contributed by atoms with Gasteiger partial charge in [-0.15, -0.1) is 0 Å². The first-order chi connectivity index (χ1) is 11.3. The minimum Gasteiger partial charge on any atom is -0.481 e. The Balaban J connectivity index is 1.70. The van der Waals surface area contributed by atoms with Crippen molar-refractivity contribution in [2.24, 2.45) is 11.3 Å². The standard InChI is InChI=1S/C19H25N3O2/c1-14-6-4-5-7-17(14)22-11-15(9-20-22)10-21-12-16(8-18(23)24)19(2,3)13-21/h4-7,9,11,16H,8,10,12-13H2,1-3H3,(H,23,24). The molecule has 3 rings (SSSR count). The topological polar surface area (TPSA) is 58.4 Å². The van der Waals surface area contributed by atoms with Crippen LogP contribution >= 0.6 is 0 Å². The molecule has 2 aromatic rings. The molecule has 0 spiro atoms. The maximum atomic E-state index is 11.1. The first-order valence-electron chi connectivity index (χ1n) is 8.39. The fourth-order valence-corrected chi connectivity index (χ4v) is 3.65. The maximum Gasteiger partial charge on any atom is 0.303 e. The van der Waals surface area contributed by atoms with E-state index >= 15 is 0 Å². The number of carboxylic acids is 1. The number of carboxylic acid groups (broad SMARTS) is 1. The van der Waals surface area contributed by atoms with Gasteiger partial charge in [0, 0.05) is 37.8 Å². The van der Waals surface area contributed by atoms with Gasteiger partial charge in [-0.1, -0.05) is 32.0 Å². The minimum absolute atomic E-state index is 0.0321. The first kappa shape index (κ1) is 16.7. The molecule has 1 N–H and O–H groups in total. The van der Waals surface area contributed by atoms with Crippen LogP contribution in [0.5, 0.6) is 0 Å². The monoisotopic (exact) mass is 327 g/mol. The highest BCUT2D eigenvalue weighted by Crippen LogP contribution is 2.37. The van der Waals surface area contributed by atoms with Crippen LogP contribution in [0.3, 0.4) is 0 Å². The number of aryl methyl sites for hydroxylation is 1. The van der Waals surface area contributed by atoms with Crippen LogP contribution in [0, 0.1) is 18.3 Å². The van der Waals surface area contributed by atoms with Crippen LogP contribution in [-0.4, -0.2) is 38.8 Å². The lowest BCUT2D eigenvalue weighted by molar-refractivity contribution is -0.138. The smallest absolute Gasteiger partial charge is 0.303 e. The van der Waals surface area contributed by atoms with Crippen molar-refractivity contribution >= 4 is 5.97 Å². The summed E-state index contributed by atoms with van der Waals surface area (Å²) >= 11 is 0. The molecule has 0 bridgehead atoms. The Hall–Kier alpha value is -2.14. The first-order valence-corrected chi connectivity index (χ1v) is 8.39. The Morgan fingerprint density at radius 1 is 1.38 bits per heavy atom. The highest BCUT2D eigenvalue weighted by molar-refractivity contribution is 5.67. The number of para-hydroxylation sites is 1. The van der Waals surface area contributed by atoms with Crippen molar-refractivity contribution < 1.29 is 9.90 Å². The summed E-state index contributed by atoms with van der Waals surface area (Å²) in [6.07, 6.45) is 4.22. The predicted octanol–water partition coefficient (Wildman–Crippen LogP) is 3.11. The van der Waals surface area contributed by atoms with E-state index in [2.05, 4.69) is 49.1 Å². The van der Waals surface area contributed by atoms with Gasteiger partial charge in [-0.05, 0) is 29.9 Å². The normalized spacial score (nSPS) is 20.4. The Labute approximate surface area is 142 Å². The van der Waals surface area contributed by atoms with Gasteiger partial charge in [0.15, 0.2) is 0 Å². The number of hydrogen-bond acceptors (Lipinski definition) is 3. The largest absolute Gasteiger partial charge is 0.481 e.